The van der Waals surface area contributed by atoms with Crippen molar-refractivity contribution in [1.29, 1.82) is 0 Å². The third-order valence-corrected chi connectivity index (χ3v) is 17.1. The predicted molar refractivity (Wildman–Crippen MR) is 344 cm³/mol. The maximum absolute atomic E-state index is 13.0. The molecule has 3 N–H and O–H groups in total. The minimum absolute atomic E-state index is 0.0847. The number of hydrogen-bond donors (Lipinski definition) is 3. The predicted octanol–water partition coefficient (Wildman–Crippen LogP) is 18.4. The molecular weight excluding hydrogens is 1140 g/mol. The topological polar surface area (TPSA) is 237 Å². The number of ether oxygens (including phenoxy) is 4. The van der Waals surface area contributed by atoms with Crippen LogP contribution in [0.25, 0.3) is 0 Å². The van der Waals surface area contributed by atoms with Crippen molar-refractivity contribution >= 4 is 39.5 Å². The highest BCUT2D eigenvalue weighted by molar-refractivity contribution is 7.47. The van der Waals surface area contributed by atoms with Gasteiger partial charge in [-0.25, -0.2) is 9.13 Å². The van der Waals surface area contributed by atoms with Gasteiger partial charge in [-0.05, 0) is 63.2 Å². The van der Waals surface area contributed by atoms with Crippen molar-refractivity contribution in [3.8, 4) is 0 Å². The minimum Gasteiger partial charge on any atom is -0.462 e. The van der Waals surface area contributed by atoms with Crippen LogP contribution in [0.3, 0.4) is 0 Å². The fourth-order valence-corrected chi connectivity index (χ4v) is 11.1. The third kappa shape index (κ3) is 59.2. The fraction of sp³-hybridized carbons (Fsp3) is 0.881. The number of unbranched alkanes of at least 4 members (excludes halogenated alkanes) is 30. The number of hydrogen-bond acceptors (Lipinski definition) is 15. The summed E-state index contributed by atoms with van der Waals surface area (Å²) in [4.78, 5) is 72.3. The number of allylic oxidation sites excluding steroid dienone is 4. The Kier molecular flexibility index (Phi) is 57.2. The highest BCUT2D eigenvalue weighted by Gasteiger charge is 2.30. The first-order chi connectivity index (χ1) is 41.4. The number of esters is 4. The Morgan fingerprint density at radius 2 is 0.686 bits per heavy atom. The van der Waals surface area contributed by atoms with Crippen molar-refractivity contribution in [3.05, 3.63) is 24.3 Å². The Bertz CT molecular complexity index is 1780. The Morgan fingerprint density at radius 3 is 1.05 bits per heavy atom. The molecule has 19 heteroatoms. The first-order valence-electron chi connectivity index (χ1n) is 34.3. The van der Waals surface area contributed by atoms with E-state index in [4.69, 9.17) is 37.0 Å². The zero-order valence-electron chi connectivity index (χ0n) is 55.1. The van der Waals surface area contributed by atoms with Gasteiger partial charge in [0, 0.05) is 25.7 Å². The first kappa shape index (κ1) is 83.5. The molecule has 17 nitrogen and oxygen atoms in total. The van der Waals surface area contributed by atoms with Gasteiger partial charge in [-0.1, -0.05) is 258 Å². The second-order valence-corrected chi connectivity index (χ2v) is 27.1. The second kappa shape index (κ2) is 58.9. The summed E-state index contributed by atoms with van der Waals surface area (Å²) in [5.41, 5.74) is 0. The van der Waals surface area contributed by atoms with Crippen LogP contribution in [0.15, 0.2) is 24.3 Å². The number of phosphoric acid groups is 2. The first-order valence-corrected chi connectivity index (χ1v) is 37.3. The number of aliphatic hydroxyl groups is 1. The Hall–Kier alpha value is -2.46. The van der Waals surface area contributed by atoms with E-state index in [-0.39, 0.29) is 25.7 Å². The molecule has 0 aromatic rings. The molecule has 506 valence electrons. The highest BCUT2D eigenvalue weighted by atomic mass is 31.2. The van der Waals surface area contributed by atoms with E-state index in [0.717, 1.165) is 115 Å². The number of carbonyl (C=O) groups excluding carboxylic acids is 4. The summed E-state index contributed by atoms with van der Waals surface area (Å²) in [5.74, 6) is -0.768. The van der Waals surface area contributed by atoms with E-state index in [1.54, 1.807) is 0 Å². The van der Waals surface area contributed by atoms with E-state index in [2.05, 4.69) is 65.8 Å². The maximum Gasteiger partial charge on any atom is 0.472 e. The van der Waals surface area contributed by atoms with Crippen molar-refractivity contribution in [2.24, 2.45) is 11.8 Å². The van der Waals surface area contributed by atoms with Crippen molar-refractivity contribution < 1.29 is 80.2 Å². The van der Waals surface area contributed by atoms with Gasteiger partial charge in [-0.2, -0.15) is 0 Å². The van der Waals surface area contributed by atoms with Crippen LogP contribution >= 0.6 is 15.6 Å². The molecule has 0 fully saturated rings. The molecule has 0 bridgehead atoms. The molecule has 0 aliphatic rings. The van der Waals surface area contributed by atoms with E-state index in [1.165, 1.54) is 109 Å². The third-order valence-electron chi connectivity index (χ3n) is 15.2. The molecule has 86 heavy (non-hydrogen) atoms. The quantitative estimate of drug-likeness (QED) is 0.0169. The van der Waals surface area contributed by atoms with Gasteiger partial charge in [0.1, 0.15) is 19.3 Å². The van der Waals surface area contributed by atoms with Crippen LogP contribution in [0.2, 0.25) is 0 Å². The standard InChI is InChI=1S/C67H126O17P2/c1-7-10-12-14-16-18-20-22-23-24-26-28-30-39-45-51-66(71)83-62(55-77-64(69)49-43-37-29-27-25-21-19-17-15-13-11-8-2)57-81-85(73,74)79-53-61(68)54-80-86(75,76)82-58-63(56-78-65(70)50-44-38-33-31-35-41-47-59(4)5)84-67(72)52-46-40-34-32-36-42-48-60(6)9-3/h18,20,22-23,59-63,68H,7-17,19,21,24-58H2,1-6H3,(H,73,74)(H,75,76)/b20-18-,23-22-/t60?,61-,62-,63-/m1/s1. The van der Waals surface area contributed by atoms with Crippen molar-refractivity contribution in [2.75, 3.05) is 39.6 Å². The van der Waals surface area contributed by atoms with Crippen LogP contribution in [0.1, 0.15) is 311 Å². The van der Waals surface area contributed by atoms with Crippen molar-refractivity contribution in [1.82, 2.24) is 0 Å². The molecule has 0 aromatic carbocycles. The molecular formula is C67H126O17P2. The van der Waals surface area contributed by atoms with Gasteiger partial charge in [0.25, 0.3) is 0 Å². The number of carbonyl (C=O) groups is 4. The van der Waals surface area contributed by atoms with Crippen LogP contribution in [-0.4, -0.2) is 96.7 Å². The Balaban J connectivity index is 5.28. The van der Waals surface area contributed by atoms with Crippen LogP contribution in [0, 0.1) is 11.8 Å². The average molecular weight is 1270 g/mol. The van der Waals surface area contributed by atoms with E-state index >= 15 is 0 Å². The van der Waals surface area contributed by atoms with Crippen LogP contribution in [-0.2, 0) is 65.4 Å². The lowest BCUT2D eigenvalue weighted by molar-refractivity contribution is -0.161. The molecule has 6 atom stereocenters. The van der Waals surface area contributed by atoms with Crippen LogP contribution in [0.4, 0.5) is 0 Å². The summed E-state index contributed by atoms with van der Waals surface area (Å²) in [6.45, 7) is 9.31. The molecule has 0 rings (SSSR count). The molecule has 0 heterocycles. The van der Waals surface area contributed by atoms with Crippen molar-refractivity contribution in [2.45, 2.75) is 330 Å². The van der Waals surface area contributed by atoms with Crippen molar-refractivity contribution in [3.63, 3.8) is 0 Å². The Morgan fingerprint density at radius 1 is 0.384 bits per heavy atom. The fourth-order valence-electron chi connectivity index (χ4n) is 9.49. The summed E-state index contributed by atoms with van der Waals surface area (Å²) in [6.07, 6.45) is 45.4. The summed E-state index contributed by atoms with van der Waals surface area (Å²) in [6, 6.07) is 0. The molecule has 0 aliphatic heterocycles. The van der Waals surface area contributed by atoms with Crippen LogP contribution < -0.4 is 0 Å². The van der Waals surface area contributed by atoms with Gasteiger partial charge in [0.05, 0.1) is 26.4 Å². The highest BCUT2D eigenvalue weighted by Crippen LogP contribution is 2.45. The van der Waals surface area contributed by atoms with Gasteiger partial charge < -0.3 is 33.8 Å². The largest absolute Gasteiger partial charge is 0.472 e. The monoisotopic (exact) mass is 1260 g/mol. The summed E-state index contributed by atoms with van der Waals surface area (Å²) in [5, 5.41) is 10.5. The maximum atomic E-state index is 13.0. The van der Waals surface area contributed by atoms with E-state index in [0.29, 0.717) is 31.6 Å². The number of rotatable bonds is 64. The molecule has 0 spiro atoms. The molecule has 0 radical (unpaired) electrons. The van der Waals surface area contributed by atoms with Gasteiger partial charge in [-0.3, -0.25) is 37.3 Å². The second-order valence-electron chi connectivity index (χ2n) is 24.2. The number of phosphoric ester groups is 2. The normalized spacial score (nSPS) is 14.7. The van der Waals surface area contributed by atoms with Gasteiger partial charge in [0.2, 0.25) is 0 Å². The van der Waals surface area contributed by atoms with Gasteiger partial charge >= 0.3 is 39.5 Å². The SMILES string of the molecule is CCCCCC/C=C\C=C/CCCCCCCC(=O)O[C@H](COC(=O)CCCCCCCCCCCCCC)COP(=O)(O)OC[C@@H](O)COP(=O)(O)OC[C@@H](COC(=O)CCCCCCCCC(C)C)OC(=O)CCCCCCCCC(C)CC. The molecule has 0 aliphatic carbocycles. The lowest BCUT2D eigenvalue weighted by Gasteiger charge is -2.21. The average Bonchev–Trinajstić information content (AvgIpc) is 3.62. The Labute approximate surface area is 522 Å². The van der Waals surface area contributed by atoms with Crippen LogP contribution in [0.5, 0.6) is 0 Å². The molecule has 0 aromatic heterocycles. The minimum atomic E-state index is -4.96. The smallest absolute Gasteiger partial charge is 0.462 e. The van der Waals surface area contributed by atoms with E-state index in [1.807, 2.05) is 0 Å². The molecule has 0 saturated heterocycles. The lowest BCUT2D eigenvalue weighted by Crippen LogP contribution is -2.30. The summed E-state index contributed by atoms with van der Waals surface area (Å²) >= 11 is 0. The molecule has 0 amide bonds. The van der Waals surface area contributed by atoms with Gasteiger partial charge in [0.15, 0.2) is 12.2 Å². The molecule has 0 saturated carbocycles. The van der Waals surface area contributed by atoms with Gasteiger partial charge in [-0.15, -0.1) is 0 Å². The summed E-state index contributed by atoms with van der Waals surface area (Å²) < 4.78 is 68.0. The zero-order valence-corrected chi connectivity index (χ0v) is 56.9. The lowest BCUT2D eigenvalue weighted by atomic mass is 10.00. The van der Waals surface area contributed by atoms with E-state index < -0.39 is 97.5 Å². The van der Waals surface area contributed by atoms with E-state index in [9.17, 15) is 43.2 Å². The zero-order chi connectivity index (χ0) is 63.6. The molecule has 3 unspecified atom stereocenters. The number of aliphatic hydroxyl groups excluding tert-OH is 1. The summed E-state index contributed by atoms with van der Waals surface area (Å²) in [7, 11) is -9.91.